The minimum atomic E-state index is -0.714. The summed E-state index contributed by atoms with van der Waals surface area (Å²) in [5.41, 5.74) is 9.30. The molecular formula is C28H29ClN2O2. The molecule has 1 saturated heterocycles. The minimum absolute atomic E-state index is 0. The van der Waals surface area contributed by atoms with Gasteiger partial charge in [-0.3, -0.25) is 9.59 Å². The van der Waals surface area contributed by atoms with Crippen LogP contribution < -0.4 is 5.73 Å². The van der Waals surface area contributed by atoms with Gasteiger partial charge in [-0.2, -0.15) is 0 Å². The number of halogens is 1. The van der Waals surface area contributed by atoms with Gasteiger partial charge in [-0.15, -0.1) is 12.4 Å². The molecule has 5 heteroatoms. The number of ketones is 1. The molecule has 0 unspecified atom stereocenters. The molecule has 0 aromatic heterocycles. The van der Waals surface area contributed by atoms with Crippen molar-refractivity contribution in [3.63, 3.8) is 0 Å². The van der Waals surface area contributed by atoms with Crippen molar-refractivity contribution >= 4 is 24.1 Å². The molecule has 4 nitrogen and oxygen atoms in total. The Balaban J connectivity index is 0.00000259. The van der Waals surface area contributed by atoms with Crippen LogP contribution in [0.25, 0.3) is 0 Å². The maximum absolute atomic E-state index is 13.4. The van der Waals surface area contributed by atoms with Gasteiger partial charge in [0.05, 0.1) is 0 Å². The molecule has 2 fully saturated rings. The predicted octanol–water partition coefficient (Wildman–Crippen LogP) is 4.53. The Kier molecular flexibility index (Phi) is 6.68. The van der Waals surface area contributed by atoms with Gasteiger partial charge in [0, 0.05) is 36.8 Å². The predicted molar refractivity (Wildman–Crippen MR) is 132 cm³/mol. The van der Waals surface area contributed by atoms with Gasteiger partial charge in [-0.25, -0.2) is 0 Å². The van der Waals surface area contributed by atoms with E-state index < -0.39 is 6.04 Å². The molecule has 0 bridgehead atoms. The zero-order chi connectivity index (χ0) is 22.1. The standard InChI is InChI=1S/C28H28N2O2.ClH/c29-26(20-10-4-1-5-11-20)27(32)30-18-23-24(19-30)28(17-16-25(23)31,21-12-6-2-7-13-21)22-14-8-3-9-15-22;/h1-15,23-24,26H,16-19,29H2;1H/t23-,24+,26-;/m0./s1. The van der Waals surface area contributed by atoms with Gasteiger partial charge in [0.2, 0.25) is 5.91 Å². The quantitative estimate of drug-likeness (QED) is 0.622. The second kappa shape index (κ2) is 9.50. The van der Waals surface area contributed by atoms with Gasteiger partial charge in [-0.1, -0.05) is 91.0 Å². The van der Waals surface area contributed by atoms with Crippen molar-refractivity contribution in [2.75, 3.05) is 13.1 Å². The van der Waals surface area contributed by atoms with Crippen LogP contribution in [0.2, 0.25) is 0 Å². The van der Waals surface area contributed by atoms with E-state index in [1.807, 2.05) is 47.4 Å². The number of carbonyl (C=O) groups is 2. The third-order valence-electron chi connectivity index (χ3n) is 7.45. The second-order valence-electron chi connectivity index (χ2n) is 9.01. The fourth-order valence-electron chi connectivity index (χ4n) is 5.85. The molecule has 1 saturated carbocycles. The van der Waals surface area contributed by atoms with Gasteiger partial charge in [0.1, 0.15) is 11.8 Å². The minimum Gasteiger partial charge on any atom is -0.340 e. The third-order valence-corrected chi connectivity index (χ3v) is 7.45. The largest absolute Gasteiger partial charge is 0.340 e. The highest BCUT2D eigenvalue weighted by Crippen LogP contribution is 2.52. The molecule has 2 N–H and O–H groups in total. The van der Waals surface area contributed by atoms with Crippen molar-refractivity contribution < 1.29 is 9.59 Å². The van der Waals surface area contributed by atoms with Crippen molar-refractivity contribution in [2.45, 2.75) is 24.3 Å². The summed E-state index contributed by atoms with van der Waals surface area (Å²) < 4.78 is 0. The molecule has 3 aromatic rings. The zero-order valence-corrected chi connectivity index (χ0v) is 19.3. The molecule has 1 aliphatic heterocycles. The van der Waals surface area contributed by atoms with Crippen LogP contribution in [0.1, 0.15) is 35.6 Å². The number of amides is 1. The summed E-state index contributed by atoms with van der Waals surface area (Å²) >= 11 is 0. The molecule has 1 heterocycles. The van der Waals surface area contributed by atoms with Gasteiger partial charge < -0.3 is 10.6 Å². The molecule has 0 spiro atoms. The first-order valence-electron chi connectivity index (χ1n) is 11.3. The van der Waals surface area contributed by atoms with Crippen molar-refractivity contribution in [3.8, 4) is 0 Å². The third kappa shape index (κ3) is 3.98. The molecule has 3 aromatic carbocycles. The summed E-state index contributed by atoms with van der Waals surface area (Å²) in [6.07, 6.45) is 1.28. The van der Waals surface area contributed by atoms with Crippen LogP contribution >= 0.6 is 12.4 Å². The van der Waals surface area contributed by atoms with Crippen molar-refractivity contribution in [2.24, 2.45) is 17.6 Å². The smallest absolute Gasteiger partial charge is 0.244 e. The van der Waals surface area contributed by atoms with Gasteiger partial charge in [0.25, 0.3) is 0 Å². The van der Waals surface area contributed by atoms with Crippen LogP contribution in [0.15, 0.2) is 91.0 Å². The first-order valence-corrected chi connectivity index (χ1v) is 11.3. The fraction of sp³-hybridized carbons (Fsp3) is 0.286. The molecule has 170 valence electrons. The Morgan fingerprint density at radius 1 is 0.848 bits per heavy atom. The van der Waals surface area contributed by atoms with Crippen molar-refractivity contribution in [1.29, 1.82) is 0 Å². The summed E-state index contributed by atoms with van der Waals surface area (Å²) in [6.45, 7) is 0.990. The summed E-state index contributed by atoms with van der Waals surface area (Å²) in [4.78, 5) is 28.3. The first kappa shape index (κ1) is 23.2. The van der Waals surface area contributed by atoms with Crippen molar-refractivity contribution in [3.05, 3.63) is 108 Å². The molecule has 33 heavy (non-hydrogen) atoms. The normalized spacial score (nSPS) is 22.2. The van der Waals surface area contributed by atoms with Crippen LogP contribution in [-0.4, -0.2) is 29.7 Å². The lowest BCUT2D eigenvalue weighted by Crippen LogP contribution is -2.47. The maximum atomic E-state index is 13.4. The van der Waals surface area contributed by atoms with Gasteiger partial charge >= 0.3 is 0 Å². The lowest BCUT2D eigenvalue weighted by atomic mass is 9.56. The van der Waals surface area contributed by atoms with E-state index in [-0.39, 0.29) is 41.3 Å². The number of likely N-dealkylation sites (tertiary alicyclic amines) is 1. The lowest BCUT2D eigenvalue weighted by Gasteiger charge is -2.45. The number of fused-ring (bicyclic) bond motifs is 1. The number of rotatable bonds is 4. The van der Waals surface area contributed by atoms with Crippen molar-refractivity contribution in [1.82, 2.24) is 4.90 Å². The van der Waals surface area contributed by atoms with E-state index >= 15 is 0 Å². The van der Waals surface area contributed by atoms with Crippen LogP contribution in [0.4, 0.5) is 0 Å². The lowest BCUT2D eigenvalue weighted by molar-refractivity contribution is -0.132. The van der Waals surface area contributed by atoms with E-state index in [1.54, 1.807) is 0 Å². The molecule has 3 atom stereocenters. The summed E-state index contributed by atoms with van der Waals surface area (Å²) in [7, 11) is 0. The summed E-state index contributed by atoms with van der Waals surface area (Å²) in [5.74, 6) is 0.0195. The van der Waals surface area contributed by atoms with Crippen LogP contribution in [0.5, 0.6) is 0 Å². The number of Topliss-reactive ketones (excluding diaryl/α,β-unsaturated/α-hetero) is 1. The Bertz CT molecular complexity index is 1070. The molecule has 5 rings (SSSR count). The Morgan fingerprint density at radius 2 is 1.36 bits per heavy atom. The number of nitrogens with two attached hydrogens (primary N) is 1. The number of benzene rings is 3. The molecule has 2 aliphatic rings. The highest BCUT2D eigenvalue weighted by atomic mass is 35.5. The number of hydrogen-bond acceptors (Lipinski definition) is 3. The highest BCUT2D eigenvalue weighted by Gasteiger charge is 2.55. The fourth-order valence-corrected chi connectivity index (χ4v) is 5.85. The average Bonchev–Trinajstić information content (AvgIpc) is 3.32. The molecule has 0 radical (unpaired) electrons. The van der Waals surface area contributed by atoms with E-state index in [4.69, 9.17) is 5.73 Å². The number of nitrogens with zero attached hydrogens (tertiary/aromatic N) is 1. The van der Waals surface area contributed by atoms with Gasteiger partial charge in [-0.05, 0) is 23.1 Å². The average molecular weight is 461 g/mol. The summed E-state index contributed by atoms with van der Waals surface area (Å²) in [6, 6.07) is 29.7. The Morgan fingerprint density at radius 3 is 1.91 bits per heavy atom. The van der Waals surface area contributed by atoms with Crippen LogP contribution in [0.3, 0.4) is 0 Å². The topological polar surface area (TPSA) is 63.4 Å². The Hall–Kier alpha value is -2.95. The first-order chi connectivity index (χ1) is 15.6. The second-order valence-corrected chi connectivity index (χ2v) is 9.01. The van der Waals surface area contributed by atoms with Gasteiger partial charge in [0.15, 0.2) is 0 Å². The van der Waals surface area contributed by atoms with E-state index in [0.29, 0.717) is 19.5 Å². The molecule has 1 aliphatic carbocycles. The number of carbonyl (C=O) groups excluding carboxylic acids is 2. The highest BCUT2D eigenvalue weighted by molar-refractivity contribution is 5.88. The Labute approximate surface area is 201 Å². The van der Waals surface area contributed by atoms with E-state index in [9.17, 15) is 9.59 Å². The SMILES string of the molecule is Cl.N[C@H](C(=O)N1C[C@@H]2C(=O)CCC(c3ccccc3)(c3ccccc3)[C@@H]2C1)c1ccccc1. The van der Waals surface area contributed by atoms with E-state index in [2.05, 4.69) is 48.5 Å². The monoisotopic (exact) mass is 460 g/mol. The number of hydrogen-bond donors (Lipinski definition) is 1. The molecular weight excluding hydrogens is 432 g/mol. The zero-order valence-electron chi connectivity index (χ0n) is 18.5. The molecule has 1 amide bonds. The van der Waals surface area contributed by atoms with Crippen LogP contribution in [-0.2, 0) is 15.0 Å². The maximum Gasteiger partial charge on any atom is 0.244 e. The van der Waals surface area contributed by atoms with E-state index in [1.165, 1.54) is 11.1 Å². The summed E-state index contributed by atoms with van der Waals surface area (Å²) in [5, 5.41) is 0. The van der Waals surface area contributed by atoms with E-state index in [0.717, 1.165) is 12.0 Å². The van der Waals surface area contributed by atoms with Crippen LogP contribution in [0, 0.1) is 11.8 Å².